The number of hydrogen-bond acceptors (Lipinski definition) is 5. The molecule has 0 atom stereocenters. The number of aliphatic imine (C=N–C) groups is 1. The van der Waals surface area contributed by atoms with Crippen molar-refractivity contribution in [3.63, 3.8) is 0 Å². The van der Waals surface area contributed by atoms with E-state index in [1.54, 1.807) is 0 Å². The van der Waals surface area contributed by atoms with E-state index in [2.05, 4.69) is 32.0 Å². The fourth-order valence-electron chi connectivity index (χ4n) is 2.80. The molecule has 5 heteroatoms. The third-order valence-corrected chi connectivity index (χ3v) is 3.89. The van der Waals surface area contributed by atoms with E-state index < -0.39 is 0 Å². The Morgan fingerprint density at radius 1 is 1.05 bits per heavy atom. The number of anilines is 1. The van der Waals surface area contributed by atoms with Gasteiger partial charge in [0.2, 0.25) is 0 Å². The topological polar surface area (TPSA) is 50.6 Å². The van der Waals surface area contributed by atoms with Gasteiger partial charge < -0.3 is 9.64 Å². The van der Waals surface area contributed by atoms with Gasteiger partial charge >= 0.3 is 0 Å². The van der Waals surface area contributed by atoms with Gasteiger partial charge in [-0.15, -0.1) is 0 Å². The van der Waals surface area contributed by atoms with Gasteiger partial charge in [0.05, 0.1) is 31.2 Å². The summed E-state index contributed by atoms with van der Waals surface area (Å²) in [5.74, 6) is 0.996. The smallest absolute Gasteiger partial charge is 0.129 e. The summed E-state index contributed by atoms with van der Waals surface area (Å²) in [7, 11) is 0. The molecular weight excluding hydrogens is 264 g/mol. The van der Waals surface area contributed by atoms with Gasteiger partial charge in [-0.3, -0.25) is 9.98 Å². The van der Waals surface area contributed by atoms with Crippen molar-refractivity contribution in [3.8, 4) is 0 Å². The number of hydrogen-bond donors (Lipinski definition) is 0. The number of morpholine rings is 1. The van der Waals surface area contributed by atoms with E-state index >= 15 is 0 Å². The molecule has 2 aliphatic rings. The first-order valence-corrected chi connectivity index (χ1v) is 7.20. The molecule has 0 unspecified atom stereocenters. The Hall–Kier alpha value is -2.27. The summed E-state index contributed by atoms with van der Waals surface area (Å²) >= 11 is 0. The van der Waals surface area contributed by atoms with Crippen molar-refractivity contribution >= 4 is 11.5 Å². The van der Waals surface area contributed by atoms with Gasteiger partial charge in [-0.1, -0.05) is 0 Å². The lowest BCUT2D eigenvalue weighted by atomic mass is 10.0. The Bertz CT molecular complexity index is 692. The van der Waals surface area contributed by atoms with E-state index in [4.69, 9.17) is 4.74 Å². The van der Waals surface area contributed by atoms with Gasteiger partial charge in [0, 0.05) is 36.6 Å². The molecule has 106 valence electrons. The van der Waals surface area contributed by atoms with Crippen LogP contribution in [-0.2, 0) is 11.3 Å². The molecule has 1 saturated heterocycles. The van der Waals surface area contributed by atoms with Crippen molar-refractivity contribution in [3.05, 3.63) is 53.5 Å². The number of pyridine rings is 2. The SMILES string of the molecule is c1cnc2c(c1)C(c1ccnc(N3CCOCC3)c1)=NC2. The fourth-order valence-corrected chi connectivity index (χ4v) is 2.80. The zero-order valence-corrected chi connectivity index (χ0v) is 11.7. The van der Waals surface area contributed by atoms with Gasteiger partial charge in [-0.25, -0.2) is 4.98 Å². The zero-order valence-electron chi connectivity index (χ0n) is 11.7. The Morgan fingerprint density at radius 3 is 2.86 bits per heavy atom. The average Bonchev–Trinajstić information content (AvgIpc) is 3.00. The average molecular weight is 280 g/mol. The molecule has 5 nitrogen and oxygen atoms in total. The summed E-state index contributed by atoms with van der Waals surface area (Å²) in [6.07, 6.45) is 3.68. The summed E-state index contributed by atoms with van der Waals surface area (Å²) in [4.78, 5) is 15.8. The minimum absolute atomic E-state index is 0.667. The third kappa shape index (κ3) is 2.29. The van der Waals surface area contributed by atoms with Crippen molar-refractivity contribution < 1.29 is 4.74 Å². The highest BCUT2D eigenvalue weighted by Crippen LogP contribution is 2.23. The van der Waals surface area contributed by atoms with Crippen molar-refractivity contribution in [1.82, 2.24) is 9.97 Å². The monoisotopic (exact) mass is 280 g/mol. The quantitative estimate of drug-likeness (QED) is 0.839. The third-order valence-electron chi connectivity index (χ3n) is 3.89. The van der Waals surface area contributed by atoms with Crippen LogP contribution in [0, 0.1) is 0 Å². The van der Waals surface area contributed by atoms with Crippen LogP contribution in [0.3, 0.4) is 0 Å². The summed E-state index contributed by atoms with van der Waals surface area (Å²) in [5.41, 5.74) is 4.32. The Morgan fingerprint density at radius 2 is 1.95 bits per heavy atom. The molecule has 0 amide bonds. The Kier molecular flexibility index (Phi) is 3.12. The standard InChI is InChI=1S/C16H16N4O/c1-2-13-14(17-4-1)11-19-16(13)12-3-5-18-15(10-12)20-6-8-21-9-7-20/h1-5,10H,6-9,11H2. The van der Waals surface area contributed by atoms with Crippen molar-refractivity contribution in [2.45, 2.75) is 6.54 Å². The maximum atomic E-state index is 5.40. The normalized spacial score (nSPS) is 17.5. The zero-order chi connectivity index (χ0) is 14.1. The molecule has 0 radical (unpaired) electrons. The van der Waals surface area contributed by atoms with E-state index in [9.17, 15) is 0 Å². The molecule has 21 heavy (non-hydrogen) atoms. The molecule has 2 aromatic rings. The molecule has 0 N–H and O–H groups in total. The number of fused-ring (bicyclic) bond motifs is 1. The van der Waals surface area contributed by atoms with E-state index in [1.807, 2.05) is 24.5 Å². The summed E-state index contributed by atoms with van der Waals surface area (Å²) < 4.78 is 5.40. The summed E-state index contributed by atoms with van der Waals surface area (Å²) in [6, 6.07) is 8.18. The van der Waals surface area contributed by atoms with E-state index in [-0.39, 0.29) is 0 Å². The van der Waals surface area contributed by atoms with E-state index in [1.165, 1.54) is 0 Å². The van der Waals surface area contributed by atoms with Crippen LogP contribution in [0.2, 0.25) is 0 Å². The maximum absolute atomic E-state index is 5.40. The first kappa shape index (κ1) is 12.5. The molecular formula is C16H16N4O. The number of nitrogens with zero attached hydrogens (tertiary/aromatic N) is 4. The van der Waals surface area contributed by atoms with Gasteiger partial charge in [0.15, 0.2) is 0 Å². The van der Waals surface area contributed by atoms with Gasteiger partial charge in [0.1, 0.15) is 5.82 Å². The predicted octanol–water partition coefficient (Wildman–Crippen LogP) is 1.66. The highest BCUT2D eigenvalue weighted by atomic mass is 16.5. The Balaban J connectivity index is 1.67. The van der Waals surface area contributed by atoms with E-state index in [0.717, 1.165) is 54.7 Å². The molecule has 0 saturated carbocycles. The number of aromatic nitrogens is 2. The molecule has 4 heterocycles. The van der Waals surface area contributed by atoms with Crippen LogP contribution in [0.4, 0.5) is 5.82 Å². The Labute approximate surface area is 123 Å². The second-order valence-corrected chi connectivity index (χ2v) is 5.16. The van der Waals surface area contributed by atoms with Crippen molar-refractivity contribution in [2.75, 3.05) is 31.2 Å². The van der Waals surface area contributed by atoms with Crippen molar-refractivity contribution in [2.24, 2.45) is 4.99 Å². The van der Waals surface area contributed by atoms with Crippen LogP contribution in [0.15, 0.2) is 41.7 Å². The van der Waals surface area contributed by atoms with Crippen LogP contribution < -0.4 is 4.90 Å². The number of rotatable bonds is 2. The lowest BCUT2D eigenvalue weighted by Crippen LogP contribution is -2.36. The lowest BCUT2D eigenvalue weighted by molar-refractivity contribution is 0.122. The molecule has 0 aromatic carbocycles. The highest BCUT2D eigenvalue weighted by Gasteiger charge is 2.19. The summed E-state index contributed by atoms with van der Waals surface area (Å²) in [6.45, 7) is 3.97. The first-order valence-electron chi connectivity index (χ1n) is 7.20. The second-order valence-electron chi connectivity index (χ2n) is 5.16. The lowest BCUT2D eigenvalue weighted by Gasteiger charge is -2.28. The summed E-state index contributed by atoms with van der Waals surface area (Å²) in [5, 5.41) is 0. The molecule has 0 bridgehead atoms. The molecule has 0 spiro atoms. The van der Waals surface area contributed by atoms with Gasteiger partial charge in [-0.05, 0) is 24.3 Å². The predicted molar refractivity (Wildman–Crippen MR) is 80.8 cm³/mol. The fraction of sp³-hybridized carbons (Fsp3) is 0.312. The van der Waals surface area contributed by atoms with Crippen LogP contribution in [0.5, 0.6) is 0 Å². The van der Waals surface area contributed by atoms with Gasteiger partial charge in [0.25, 0.3) is 0 Å². The first-order chi connectivity index (χ1) is 10.4. The molecule has 2 aromatic heterocycles. The van der Waals surface area contributed by atoms with Crippen molar-refractivity contribution in [1.29, 1.82) is 0 Å². The van der Waals surface area contributed by atoms with Crippen LogP contribution in [-0.4, -0.2) is 42.0 Å². The largest absolute Gasteiger partial charge is 0.378 e. The molecule has 4 rings (SSSR count). The van der Waals surface area contributed by atoms with Crippen LogP contribution >= 0.6 is 0 Å². The van der Waals surface area contributed by atoms with Gasteiger partial charge in [-0.2, -0.15) is 0 Å². The maximum Gasteiger partial charge on any atom is 0.129 e. The molecule has 0 aliphatic carbocycles. The number of ether oxygens (including phenoxy) is 1. The molecule has 1 fully saturated rings. The minimum Gasteiger partial charge on any atom is -0.378 e. The second kappa shape index (κ2) is 5.26. The highest BCUT2D eigenvalue weighted by molar-refractivity contribution is 6.15. The minimum atomic E-state index is 0.667. The van der Waals surface area contributed by atoms with Crippen LogP contribution in [0.25, 0.3) is 0 Å². The van der Waals surface area contributed by atoms with Crippen LogP contribution in [0.1, 0.15) is 16.8 Å². The molecule has 2 aliphatic heterocycles. The van der Waals surface area contributed by atoms with E-state index in [0.29, 0.717) is 6.54 Å².